The molecule has 150 valence electrons. The first kappa shape index (κ1) is 20.4. The standard InChI is InChI=1S/C18H22N4O4S2/c1-12-3-2-8-22(10-12)28(25,26)15-6-4-13(5-7-15)17(24)21-18-20-14(11-27-18)9-16(19)23/h4-7,11-12H,2-3,8-10H2,1H3,(H2,19,23)(H,20,21,24). The van der Waals surface area contributed by atoms with Crippen molar-refractivity contribution in [2.45, 2.75) is 31.1 Å². The second-order valence-corrected chi connectivity index (χ2v) is 9.67. The summed E-state index contributed by atoms with van der Waals surface area (Å²) in [5.74, 6) is -0.565. The van der Waals surface area contributed by atoms with Gasteiger partial charge in [-0.25, -0.2) is 13.4 Å². The molecule has 1 saturated heterocycles. The van der Waals surface area contributed by atoms with Crippen molar-refractivity contribution in [1.82, 2.24) is 9.29 Å². The maximum atomic E-state index is 12.8. The monoisotopic (exact) mass is 422 g/mol. The summed E-state index contributed by atoms with van der Waals surface area (Å²) in [4.78, 5) is 27.6. The predicted molar refractivity (Wildman–Crippen MR) is 107 cm³/mol. The Labute approximate surface area is 167 Å². The van der Waals surface area contributed by atoms with Gasteiger partial charge in [0, 0.05) is 24.0 Å². The molecule has 2 heterocycles. The zero-order valence-electron chi connectivity index (χ0n) is 15.4. The van der Waals surface area contributed by atoms with E-state index in [4.69, 9.17) is 5.73 Å². The number of hydrogen-bond donors (Lipinski definition) is 2. The maximum absolute atomic E-state index is 12.8. The third-order valence-electron chi connectivity index (χ3n) is 4.50. The summed E-state index contributed by atoms with van der Waals surface area (Å²) in [6.45, 7) is 3.08. The maximum Gasteiger partial charge on any atom is 0.257 e. The molecule has 0 saturated carbocycles. The SMILES string of the molecule is CC1CCCN(S(=O)(=O)c2ccc(C(=O)Nc3nc(CC(N)=O)cs3)cc2)C1. The van der Waals surface area contributed by atoms with Gasteiger partial charge in [-0.2, -0.15) is 4.31 Å². The van der Waals surface area contributed by atoms with Gasteiger partial charge < -0.3 is 5.73 Å². The highest BCUT2D eigenvalue weighted by atomic mass is 32.2. The predicted octanol–water partition coefficient (Wildman–Crippen LogP) is 1.84. The number of anilines is 1. The summed E-state index contributed by atoms with van der Waals surface area (Å²) in [5.41, 5.74) is 5.93. The van der Waals surface area contributed by atoms with Crippen molar-refractivity contribution in [3.63, 3.8) is 0 Å². The average Bonchev–Trinajstić information content (AvgIpc) is 3.07. The van der Waals surface area contributed by atoms with E-state index in [0.29, 0.717) is 35.4 Å². The highest BCUT2D eigenvalue weighted by Crippen LogP contribution is 2.24. The highest BCUT2D eigenvalue weighted by Gasteiger charge is 2.28. The second kappa shape index (κ2) is 8.38. The van der Waals surface area contributed by atoms with Crippen LogP contribution in [0.15, 0.2) is 34.5 Å². The molecule has 0 bridgehead atoms. The Morgan fingerprint density at radius 3 is 2.68 bits per heavy atom. The van der Waals surface area contributed by atoms with Gasteiger partial charge in [-0.05, 0) is 43.0 Å². The smallest absolute Gasteiger partial charge is 0.257 e. The fourth-order valence-corrected chi connectivity index (χ4v) is 5.39. The van der Waals surface area contributed by atoms with Crippen molar-refractivity contribution in [3.05, 3.63) is 40.9 Å². The number of benzene rings is 1. The number of carbonyl (C=O) groups excluding carboxylic acids is 2. The first-order valence-electron chi connectivity index (χ1n) is 8.90. The van der Waals surface area contributed by atoms with Crippen LogP contribution in [0.1, 0.15) is 35.8 Å². The molecule has 0 radical (unpaired) electrons. The molecule has 10 heteroatoms. The number of nitrogens with two attached hydrogens (primary N) is 1. The third-order valence-corrected chi connectivity index (χ3v) is 7.19. The molecule has 1 aliphatic heterocycles. The summed E-state index contributed by atoms with van der Waals surface area (Å²) >= 11 is 1.19. The molecule has 0 spiro atoms. The Balaban J connectivity index is 1.68. The fourth-order valence-electron chi connectivity index (χ4n) is 3.09. The molecule has 1 aromatic heterocycles. The molecule has 0 aliphatic carbocycles. The number of hydrogen-bond acceptors (Lipinski definition) is 6. The van der Waals surface area contributed by atoms with Gasteiger partial charge >= 0.3 is 0 Å². The molecule has 2 amide bonds. The van der Waals surface area contributed by atoms with Crippen molar-refractivity contribution in [2.75, 3.05) is 18.4 Å². The van der Waals surface area contributed by atoms with E-state index in [2.05, 4.69) is 10.3 Å². The zero-order valence-corrected chi connectivity index (χ0v) is 17.1. The van der Waals surface area contributed by atoms with Crippen LogP contribution in [0.5, 0.6) is 0 Å². The van der Waals surface area contributed by atoms with Crippen LogP contribution < -0.4 is 11.1 Å². The minimum atomic E-state index is -3.56. The summed E-state index contributed by atoms with van der Waals surface area (Å²) in [6.07, 6.45) is 1.89. The molecule has 2 aromatic rings. The number of primary amides is 1. The molecule has 1 aliphatic rings. The van der Waals surface area contributed by atoms with Crippen molar-refractivity contribution < 1.29 is 18.0 Å². The number of aromatic nitrogens is 1. The van der Waals surface area contributed by atoms with E-state index < -0.39 is 21.8 Å². The number of piperidine rings is 1. The van der Waals surface area contributed by atoms with Gasteiger partial charge in [-0.1, -0.05) is 6.92 Å². The second-order valence-electron chi connectivity index (χ2n) is 6.88. The van der Waals surface area contributed by atoms with Crippen LogP contribution in [-0.2, 0) is 21.2 Å². The quantitative estimate of drug-likeness (QED) is 0.735. The van der Waals surface area contributed by atoms with E-state index in [1.165, 1.54) is 39.9 Å². The van der Waals surface area contributed by atoms with Crippen LogP contribution in [0.2, 0.25) is 0 Å². The highest BCUT2D eigenvalue weighted by molar-refractivity contribution is 7.89. The molecule has 1 fully saturated rings. The molecular formula is C18H22N4O4S2. The Bertz CT molecular complexity index is 970. The van der Waals surface area contributed by atoms with Crippen LogP contribution in [-0.4, -0.2) is 42.6 Å². The van der Waals surface area contributed by atoms with Gasteiger partial charge in [-0.15, -0.1) is 11.3 Å². The van der Waals surface area contributed by atoms with Gasteiger partial charge in [0.05, 0.1) is 17.0 Å². The minimum Gasteiger partial charge on any atom is -0.369 e. The van der Waals surface area contributed by atoms with Crippen LogP contribution in [0, 0.1) is 5.92 Å². The van der Waals surface area contributed by atoms with E-state index in [-0.39, 0.29) is 11.3 Å². The van der Waals surface area contributed by atoms with E-state index in [1.807, 2.05) is 6.92 Å². The number of amides is 2. The lowest BCUT2D eigenvalue weighted by Gasteiger charge is -2.30. The average molecular weight is 423 g/mol. The van der Waals surface area contributed by atoms with Gasteiger partial charge in [0.1, 0.15) is 0 Å². The molecular weight excluding hydrogens is 400 g/mol. The topological polar surface area (TPSA) is 122 Å². The van der Waals surface area contributed by atoms with Crippen molar-refractivity contribution in [2.24, 2.45) is 11.7 Å². The molecule has 3 rings (SSSR count). The number of rotatable bonds is 6. The van der Waals surface area contributed by atoms with Crippen LogP contribution in [0.25, 0.3) is 0 Å². The van der Waals surface area contributed by atoms with Crippen LogP contribution >= 0.6 is 11.3 Å². The van der Waals surface area contributed by atoms with E-state index in [1.54, 1.807) is 5.38 Å². The summed E-state index contributed by atoms with van der Waals surface area (Å²) in [7, 11) is -3.56. The molecule has 1 unspecified atom stereocenters. The minimum absolute atomic E-state index is 0.00798. The summed E-state index contributed by atoms with van der Waals surface area (Å²) in [6, 6.07) is 5.86. The summed E-state index contributed by atoms with van der Waals surface area (Å²) in [5, 5.41) is 4.63. The molecule has 1 aromatic carbocycles. The lowest BCUT2D eigenvalue weighted by Crippen LogP contribution is -2.39. The van der Waals surface area contributed by atoms with Gasteiger partial charge in [0.15, 0.2) is 5.13 Å². The third kappa shape index (κ3) is 4.75. The summed E-state index contributed by atoms with van der Waals surface area (Å²) < 4.78 is 27.1. The normalized spacial score (nSPS) is 18.0. The number of carbonyl (C=O) groups is 2. The van der Waals surface area contributed by atoms with E-state index in [9.17, 15) is 18.0 Å². The Morgan fingerprint density at radius 1 is 1.32 bits per heavy atom. The Kier molecular flexibility index (Phi) is 6.11. The number of nitrogens with one attached hydrogen (secondary N) is 1. The largest absolute Gasteiger partial charge is 0.369 e. The number of nitrogens with zero attached hydrogens (tertiary/aromatic N) is 2. The first-order valence-corrected chi connectivity index (χ1v) is 11.2. The van der Waals surface area contributed by atoms with Gasteiger partial charge in [0.2, 0.25) is 15.9 Å². The van der Waals surface area contributed by atoms with Gasteiger partial charge in [0.25, 0.3) is 5.91 Å². The van der Waals surface area contributed by atoms with Gasteiger partial charge in [-0.3, -0.25) is 14.9 Å². The number of thiazole rings is 1. The van der Waals surface area contributed by atoms with Crippen molar-refractivity contribution in [3.8, 4) is 0 Å². The van der Waals surface area contributed by atoms with Crippen LogP contribution in [0.3, 0.4) is 0 Å². The van der Waals surface area contributed by atoms with Crippen LogP contribution in [0.4, 0.5) is 5.13 Å². The Hall–Kier alpha value is -2.30. The Morgan fingerprint density at radius 2 is 2.04 bits per heavy atom. The molecule has 28 heavy (non-hydrogen) atoms. The van der Waals surface area contributed by atoms with Crippen molar-refractivity contribution in [1.29, 1.82) is 0 Å². The molecule has 1 atom stereocenters. The molecule has 3 N–H and O–H groups in total. The lowest BCUT2D eigenvalue weighted by atomic mass is 10.0. The molecule has 8 nitrogen and oxygen atoms in total. The first-order chi connectivity index (χ1) is 13.3. The van der Waals surface area contributed by atoms with E-state index >= 15 is 0 Å². The zero-order chi connectivity index (χ0) is 20.3. The lowest BCUT2D eigenvalue weighted by molar-refractivity contribution is -0.117. The van der Waals surface area contributed by atoms with Crippen molar-refractivity contribution >= 4 is 38.3 Å². The fraction of sp³-hybridized carbons (Fsp3) is 0.389. The number of sulfonamides is 1. The van der Waals surface area contributed by atoms with E-state index in [0.717, 1.165) is 12.8 Å².